The fourth-order valence-corrected chi connectivity index (χ4v) is 0. The van der Waals surface area contributed by atoms with Crippen LogP contribution >= 0.6 is 0 Å². The first-order valence-electron chi connectivity index (χ1n) is 1.000. The van der Waals surface area contributed by atoms with E-state index in [0.29, 0.717) is 0 Å². The zero-order chi connectivity index (χ0) is 4.00. The second-order valence-electron chi connectivity index (χ2n) is 0. The molecule has 0 radical (unpaired) electrons. The maximum Gasteiger partial charge on any atom is 1.00 e. The third-order valence-corrected chi connectivity index (χ3v) is 0. The quantitative estimate of drug-likeness (QED) is 0.325. The van der Waals surface area contributed by atoms with E-state index in [1.165, 1.54) is 0 Å². The summed E-state index contributed by atoms with van der Waals surface area (Å²) in [4.78, 5) is 0. The van der Waals surface area contributed by atoms with E-state index in [-0.39, 0.29) is 49.9 Å². The van der Waals surface area contributed by atoms with Crippen LogP contribution in [0.4, 0.5) is 0 Å². The number of rotatable bonds is 0. The third kappa shape index (κ3) is 984. The van der Waals surface area contributed by atoms with E-state index in [1.807, 2.05) is 0 Å². The minimum atomic E-state index is 0. The molecule has 1 nitrogen and oxygen atoms in total. The molecule has 0 aliphatic rings. The van der Waals surface area contributed by atoms with Crippen molar-refractivity contribution in [3.63, 3.8) is 0 Å². The van der Waals surface area contributed by atoms with Crippen LogP contribution in [-0.2, 0) is 0 Å². The largest absolute Gasteiger partial charge is 1.00 e. The van der Waals surface area contributed by atoms with Crippen LogP contribution in [0.1, 0.15) is 14.9 Å². The molecule has 0 rings (SSSR count). The molecule has 1 N–H and O–H groups in total. The van der Waals surface area contributed by atoms with Gasteiger partial charge in [0.05, 0.1) is 0 Å². The van der Waals surface area contributed by atoms with Crippen molar-refractivity contribution in [1.82, 2.24) is 0 Å². The van der Waals surface area contributed by atoms with E-state index in [1.54, 1.807) is 0 Å². The molecule has 48 valence electrons. The molecule has 0 aliphatic heterocycles. The van der Waals surface area contributed by atoms with E-state index >= 15 is 0 Å². The fraction of sp³-hybridized carbons (Fsp3) is 0.333. The van der Waals surface area contributed by atoms with Crippen LogP contribution in [0.2, 0.25) is 0 Å². The monoisotopic (exact) mass is 128 g/mol. The molecule has 0 unspecified atom stereocenters. The van der Waals surface area contributed by atoms with E-state index in [2.05, 4.69) is 26.3 Å². The van der Waals surface area contributed by atoms with Crippen molar-refractivity contribution in [2.75, 3.05) is 0 Å². The van der Waals surface area contributed by atoms with Crippen molar-refractivity contribution in [3.8, 4) is 0 Å². The Labute approximate surface area is 76.1 Å². The van der Waals surface area contributed by atoms with Gasteiger partial charge in [-0.05, 0) is 0 Å². The predicted octanol–water partition coefficient (Wildman–Crippen LogP) is -0.296. The Bertz CT molecular complexity index is 10.5. The average Bonchev–Trinajstić information content (AvgIpc) is 1.50. The van der Waals surface area contributed by atoms with Gasteiger partial charge in [-0.1, -0.05) is 14.9 Å². The van der Waals surface area contributed by atoms with Gasteiger partial charge in [0.1, 0.15) is 0 Å². The molecule has 0 aromatic rings. The summed E-state index contributed by atoms with van der Waals surface area (Å²) in [5.41, 5.74) is 0. The van der Waals surface area contributed by atoms with Crippen LogP contribution in [0.25, 0.3) is 0 Å². The van der Waals surface area contributed by atoms with Gasteiger partial charge in [-0.15, -0.1) is 26.3 Å². The Morgan fingerprint density at radius 1 is 0.625 bits per heavy atom. The normalized spacial score (nSPS) is 1.00. The molecule has 0 aromatic carbocycles. The van der Waals surface area contributed by atoms with Crippen LogP contribution in [0.15, 0.2) is 26.3 Å². The molecule has 0 spiro atoms. The van der Waals surface area contributed by atoms with Gasteiger partial charge in [0.2, 0.25) is 0 Å². The van der Waals surface area contributed by atoms with Crippen LogP contribution in [0.3, 0.4) is 0 Å². The van der Waals surface area contributed by atoms with Crippen LogP contribution in [0, 0.1) is 0 Å². The molecule has 0 saturated carbocycles. The first-order chi connectivity index (χ1) is 2.00. The third-order valence-electron chi connectivity index (χ3n) is 0. The summed E-state index contributed by atoms with van der Waals surface area (Å²) in [5, 5.41) is 0. The van der Waals surface area contributed by atoms with Crippen molar-refractivity contribution in [2.45, 2.75) is 14.9 Å². The molecule has 8 heavy (non-hydrogen) atoms. The summed E-state index contributed by atoms with van der Waals surface area (Å²) in [6.07, 6.45) is 0. The maximum atomic E-state index is 3.00. The summed E-state index contributed by atoms with van der Waals surface area (Å²) in [6, 6.07) is 0. The summed E-state index contributed by atoms with van der Waals surface area (Å²) >= 11 is 0. The summed E-state index contributed by atoms with van der Waals surface area (Å²) in [6.45, 7) is 12.0. The number of hydrogen-bond acceptors (Lipinski definition) is 1. The predicted molar refractivity (Wildman–Crippen MR) is 37.9 cm³/mol. The average molecular weight is 128 g/mol. The van der Waals surface area contributed by atoms with Crippen LogP contribution in [-0.4, -0.2) is 5.48 Å². The minimum Gasteiger partial charge on any atom is -0.870 e. The Morgan fingerprint density at radius 2 is 0.625 bits per heavy atom. The second-order valence-corrected chi connectivity index (χ2v) is 0. The first kappa shape index (κ1) is 78.5. The van der Waals surface area contributed by atoms with Crippen molar-refractivity contribution in [1.29, 1.82) is 0 Å². The summed E-state index contributed by atoms with van der Waals surface area (Å²) in [7, 11) is 0. The molecule has 0 aromatic heterocycles. The molecule has 0 saturated heterocycles. The van der Waals surface area contributed by atoms with Gasteiger partial charge >= 0.3 is 29.6 Å². The summed E-state index contributed by atoms with van der Waals surface area (Å²) < 4.78 is 0. The zero-order valence-electron chi connectivity index (χ0n) is 4.28. The Hall–Kier alpha value is 0.440. The first-order valence-corrected chi connectivity index (χ1v) is 1.000. The Kier molecular flexibility index (Phi) is 15600. The molecule has 0 atom stereocenters. The van der Waals surface area contributed by atoms with Crippen molar-refractivity contribution >= 4 is 0 Å². The topological polar surface area (TPSA) is 30.0 Å². The molecule has 0 amide bonds. The molecular weight excluding hydrogens is 111 g/mol. The standard InChI is InChI=1S/2C2H4.2CH4.Na.H2O/c2*1-2;;;;/h2*1-2H2;2*1H4;;1H2/q;;;;+1;/p-1. The van der Waals surface area contributed by atoms with E-state index < -0.39 is 0 Å². The fourth-order valence-electron chi connectivity index (χ4n) is 0. The molecule has 0 heterocycles. The van der Waals surface area contributed by atoms with E-state index in [4.69, 9.17) is 0 Å². The molecule has 0 bridgehead atoms. The molecular formula is C6H17NaO. The van der Waals surface area contributed by atoms with Gasteiger partial charge in [-0.2, -0.15) is 0 Å². The van der Waals surface area contributed by atoms with Gasteiger partial charge in [-0.3, -0.25) is 0 Å². The molecule has 0 aliphatic carbocycles. The Morgan fingerprint density at radius 3 is 0.625 bits per heavy atom. The van der Waals surface area contributed by atoms with Gasteiger partial charge in [0, 0.05) is 0 Å². The second kappa shape index (κ2) is 1590. The van der Waals surface area contributed by atoms with Gasteiger partial charge in [-0.25, -0.2) is 0 Å². The van der Waals surface area contributed by atoms with E-state index in [9.17, 15) is 0 Å². The Balaban J connectivity index is -0.00000000167. The maximum absolute atomic E-state index is 3.00. The van der Waals surface area contributed by atoms with Crippen LogP contribution in [0.5, 0.6) is 0 Å². The van der Waals surface area contributed by atoms with Crippen molar-refractivity contribution < 1.29 is 35.0 Å². The molecule has 0 fully saturated rings. The molecule has 2 heteroatoms. The van der Waals surface area contributed by atoms with Crippen molar-refractivity contribution in [2.24, 2.45) is 0 Å². The van der Waals surface area contributed by atoms with Gasteiger partial charge < -0.3 is 5.48 Å². The SMILES string of the molecule is C.C.C=C.C=C.[Na+].[OH-]. The van der Waals surface area contributed by atoms with Crippen molar-refractivity contribution in [3.05, 3.63) is 26.3 Å². The van der Waals surface area contributed by atoms with Crippen LogP contribution < -0.4 is 29.6 Å². The summed E-state index contributed by atoms with van der Waals surface area (Å²) in [5.74, 6) is 0. The van der Waals surface area contributed by atoms with Gasteiger partial charge in [0.15, 0.2) is 0 Å². The van der Waals surface area contributed by atoms with E-state index in [0.717, 1.165) is 0 Å². The zero-order valence-corrected chi connectivity index (χ0v) is 6.28. The smallest absolute Gasteiger partial charge is 0.870 e. The minimum absolute atomic E-state index is 0. The number of hydrogen-bond donors (Lipinski definition) is 0. The van der Waals surface area contributed by atoms with Gasteiger partial charge in [0.25, 0.3) is 0 Å².